The number of nitrogen functional groups attached to an aromatic ring is 1. The number of aryl methyl sites for hydroxylation is 1. The van der Waals surface area contributed by atoms with Crippen LogP contribution in [0.4, 0.5) is 17.6 Å². The summed E-state index contributed by atoms with van der Waals surface area (Å²) in [5.74, 6) is 1.01. The Hall–Kier alpha value is -4.38. The van der Waals surface area contributed by atoms with Crippen LogP contribution in [0.3, 0.4) is 0 Å². The van der Waals surface area contributed by atoms with Crippen LogP contribution in [0.2, 0.25) is 0 Å². The van der Waals surface area contributed by atoms with Crippen molar-refractivity contribution in [2.45, 2.75) is 20.8 Å². The van der Waals surface area contributed by atoms with E-state index >= 15 is 0 Å². The third-order valence-corrected chi connectivity index (χ3v) is 7.04. The average Bonchev–Trinajstić information content (AvgIpc) is 2.97. The highest BCUT2D eigenvalue weighted by molar-refractivity contribution is 6.40. The second-order valence-electron chi connectivity index (χ2n) is 10.3. The van der Waals surface area contributed by atoms with Crippen molar-refractivity contribution in [2.24, 2.45) is 0 Å². The molecule has 2 saturated heterocycles. The van der Waals surface area contributed by atoms with E-state index in [4.69, 9.17) is 20.4 Å². The Kier molecular flexibility index (Phi) is 8.01. The number of allylic oxidation sites excluding steroid dienone is 1. The molecule has 3 aromatic rings. The number of carbonyl (C=O) groups excluding carboxylic acids is 2. The second-order valence-corrected chi connectivity index (χ2v) is 10.3. The Bertz CT molecular complexity index is 1420. The molecule has 0 radical (unpaired) electrons. The van der Waals surface area contributed by atoms with Gasteiger partial charge in [-0.05, 0) is 56.2 Å². The van der Waals surface area contributed by atoms with Gasteiger partial charge in [0.2, 0.25) is 11.7 Å². The molecule has 3 aromatic heterocycles. The van der Waals surface area contributed by atoms with E-state index in [0.717, 1.165) is 58.2 Å². The maximum absolute atomic E-state index is 12.5. The summed E-state index contributed by atoms with van der Waals surface area (Å²) >= 11 is 0. The lowest BCUT2D eigenvalue weighted by Crippen LogP contribution is -2.50. The first-order valence-corrected chi connectivity index (χ1v) is 13.4. The smallest absolute Gasteiger partial charge is 0.294 e. The number of morpholine rings is 1. The van der Waals surface area contributed by atoms with Crippen molar-refractivity contribution in [1.82, 2.24) is 24.8 Å². The van der Waals surface area contributed by atoms with Gasteiger partial charge in [0.1, 0.15) is 11.6 Å². The molecular formula is C29H34N8O3. The third kappa shape index (κ3) is 6.09. The molecule has 2 N–H and O–H groups in total. The molecule has 0 aromatic carbocycles. The van der Waals surface area contributed by atoms with Crippen LogP contribution in [0.1, 0.15) is 19.4 Å². The highest BCUT2D eigenvalue weighted by Crippen LogP contribution is 2.32. The number of carbonyl (C=O) groups is 2. The van der Waals surface area contributed by atoms with Gasteiger partial charge in [0, 0.05) is 69.0 Å². The van der Waals surface area contributed by atoms with Gasteiger partial charge < -0.3 is 25.2 Å². The van der Waals surface area contributed by atoms with Gasteiger partial charge in [0.15, 0.2) is 0 Å². The average molecular weight is 543 g/mol. The van der Waals surface area contributed by atoms with Crippen molar-refractivity contribution in [3.63, 3.8) is 0 Å². The van der Waals surface area contributed by atoms with Crippen LogP contribution >= 0.6 is 0 Å². The number of amides is 1. The fourth-order valence-corrected chi connectivity index (χ4v) is 4.88. The molecule has 2 aliphatic rings. The molecule has 208 valence electrons. The molecule has 2 aliphatic heterocycles. The molecule has 11 nitrogen and oxygen atoms in total. The number of anilines is 3. The quantitative estimate of drug-likeness (QED) is 0.366. The van der Waals surface area contributed by atoms with Crippen LogP contribution in [-0.4, -0.2) is 89.0 Å². The zero-order valence-corrected chi connectivity index (χ0v) is 23.1. The Morgan fingerprint density at radius 2 is 1.52 bits per heavy atom. The predicted octanol–water partition coefficient (Wildman–Crippen LogP) is 2.51. The monoisotopic (exact) mass is 542 g/mol. The summed E-state index contributed by atoms with van der Waals surface area (Å²) in [5.41, 5.74) is 11.1. The highest BCUT2D eigenvalue weighted by atomic mass is 16.5. The number of aromatic nitrogens is 4. The van der Waals surface area contributed by atoms with Crippen LogP contribution in [0, 0.1) is 6.92 Å². The van der Waals surface area contributed by atoms with Crippen LogP contribution in [0.15, 0.2) is 48.4 Å². The number of nitrogens with two attached hydrogens (primary N) is 1. The van der Waals surface area contributed by atoms with Gasteiger partial charge in [0.25, 0.3) is 5.91 Å². The molecule has 0 aliphatic carbocycles. The van der Waals surface area contributed by atoms with Crippen molar-refractivity contribution in [3.8, 4) is 22.4 Å². The van der Waals surface area contributed by atoms with E-state index in [1.807, 2.05) is 26.1 Å². The van der Waals surface area contributed by atoms with Crippen molar-refractivity contribution in [3.05, 3.63) is 54.0 Å². The van der Waals surface area contributed by atoms with Gasteiger partial charge in [-0.3, -0.25) is 9.59 Å². The largest absolute Gasteiger partial charge is 0.378 e. The summed E-state index contributed by atoms with van der Waals surface area (Å²) in [6, 6.07) is 6.18. The fourth-order valence-electron chi connectivity index (χ4n) is 4.88. The molecule has 5 rings (SSSR count). The van der Waals surface area contributed by atoms with Gasteiger partial charge in [-0.25, -0.2) is 19.9 Å². The Labute approximate surface area is 233 Å². The van der Waals surface area contributed by atoms with E-state index < -0.39 is 11.7 Å². The van der Waals surface area contributed by atoms with Crippen molar-refractivity contribution < 1.29 is 14.3 Å². The van der Waals surface area contributed by atoms with Crippen molar-refractivity contribution in [2.75, 3.05) is 68.0 Å². The lowest BCUT2D eigenvalue weighted by molar-refractivity contribution is -0.142. The summed E-state index contributed by atoms with van der Waals surface area (Å²) in [7, 11) is 0. The number of nitrogens with zero attached hydrogens (tertiary/aromatic N) is 7. The van der Waals surface area contributed by atoms with Gasteiger partial charge in [-0.1, -0.05) is 5.57 Å². The molecule has 0 saturated carbocycles. The van der Waals surface area contributed by atoms with E-state index in [1.54, 1.807) is 17.3 Å². The lowest BCUT2D eigenvalue weighted by Gasteiger charge is -2.35. The van der Waals surface area contributed by atoms with Crippen molar-refractivity contribution in [1.29, 1.82) is 0 Å². The third-order valence-electron chi connectivity index (χ3n) is 7.04. The molecule has 0 atom stereocenters. The molecule has 40 heavy (non-hydrogen) atoms. The highest BCUT2D eigenvalue weighted by Gasteiger charge is 2.26. The Balaban J connectivity index is 1.38. The minimum atomic E-state index is -0.467. The van der Waals surface area contributed by atoms with E-state index in [0.29, 0.717) is 39.4 Å². The van der Waals surface area contributed by atoms with E-state index in [1.165, 1.54) is 6.08 Å². The number of hydrogen-bond acceptors (Lipinski definition) is 10. The molecule has 2 fully saturated rings. The SMILES string of the molecule is CC(C)=CC(=O)C(=O)N1CCN(c2cc(C)c(-c3cc(-c4cnc(N)nc4)nc(N4CCOCC4)c3)cn2)CC1. The molecule has 5 heterocycles. The minimum Gasteiger partial charge on any atom is -0.378 e. The van der Waals surface area contributed by atoms with Gasteiger partial charge in [-0.15, -0.1) is 0 Å². The summed E-state index contributed by atoms with van der Waals surface area (Å²) in [4.78, 5) is 48.6. The lowest BCUT2D eigenvalue weighted by atomic mass is 10.0. The molecule has 0 bridgehead atoms. The summed E-state index contributed by atoms with van der Waals surface area (Å²) in [6.07, 6.45) is 6.66. The minimum absolute atomic E-state index is 0.216. The Morgan fingerprint density at radius 3 is 2.17 bits per heavy atom. The first-order chi connectivity index (χ1) is 19.3. The second kappa shape index (κ2) is 11.8. The van der Waals surface area contributed by atoms with Crippen LogP contribution in [0.5, 0.6) is 0 Å². The molecule has 11 heteroatoms. The van der Waals surface area contributed by atoms with Crippen LogP contribution in [-0.2, 0) is 14.3 Å². The molecule has 0 unspecified atom stereocenters. The standard InChI is InChI=1S/C29H34N8O3/c1-19(2)12-25(38)28(39)37-6-4-35(5-7-37)26-13-20(3)23(18-31-26)21-14-24(22-16-32-29(30)33-17-22)34-27(15-21)36-8-10-40-11-9-36/h12-18H,4-11H2,1-3H3,(H2,30,32,33). The normalized spacial score (nSPS) is 15.6. The van der Waals surface area contributed by atoms with Gasteiger partial charge in [0.05, 0.1) is 18.9 Å². The van der Waals surface area contributed by atoms with E-state index in [9.17, 15) is 9.59 Å². The molecule has 0 spiro atoms. The number of piperazine rings is 1. The number of hydrogen-bond donors (Lipinski definition) is 1. The van der Waals surface area contributed by atoms with E-state index in [2.05, 4.69) is 38.8 Å². The number of pyridine rings is 2. The number of ether oxygens (including phenoxy) is 1. The molecule has 1 amide bonds. The van der Waals surface area contributed by atoms with Crippen LogP contribution in [0.25, 0.3) is 22.4 Å². The zero-order valence-electron chi connectivity index (χ0n) is 23.1. The fraction of sp³-hybridized carbons (Fsp3) is 0.379. The maximum atomic E-state index is 12.5. The maximum Gasteiger partial charge on any atom is 0.294 e. The van der Waals surface area contributed by atoms with Crippen LogP contribution < -0.4 is 15.5 Å². The zero-order chi connectivity index (χ0) is 28.2. The van der Waals surface area contributed by atoms with E-state index in [-0.39, 0.29) is 5.95 Å². The number of rotatable bonds is 6. The first kappa shape index (κ1) is 27.2. The summed E-state index contributed by atoms with van der Waals surface area (Å²) in [6.45, 7) is 10.7. The first-order valence-electron chi connectivity index (χ1n) is 13.4. The topological polar surface area (TPSA) is 131 Å². The molecular weight excluding hydrogens is 508 g/mol. The summed E-state index contributed by atoms with van der Waals surface area (Å²) in [5, 5.41) is 0. The summed E-state index contributed by atoms with van der Waals surface area (Å²) < 4.78 is 5.54. The van der Waals surface area contributed by atoms with Gasteiger partial charge in [-0.2, -0.15) is 0 Å². The van der Waals surface area contributed by atoms with Gasteiger partial charge >= 0.3 is 0 Å². The Morgan fingerprint density at radius 1 is 0.850 bits per heavy atom. The number of ketones is 1. The van der Waals surface area contributed by atoms with Crippen molar-refractivity contribution >= 4 is 29.3 Å². The predicted molar refractivity (Wildman–Crippen MR) is 154 cm³/mol.